The zero-order chi connectivity index (χ0) is 12.0. The number of thiazole rings is 1. The van der Waals surface area contributed by atoms with Crippen molar-refractivity contribution >= 4 is 32.3 Å². The second-order valence-corrected chi connectivity index (χ2v) is 4.73. The minimum Gasteiger partial charge on any atom is -0.294 e. The van der Waals surface area contributed by atoms with Crippen molar-refractivity contribution in [2.75, 3.05) is 0 Å². The van der Waals surface area contributed by atoms with E-state index in [0.29, 0.717) is 4.96 Å². The summed E-state index contributed by atoms with van der Waals surface area (Å²) < 4.78 is 2.48. The summed E-state index contributed by atoms with van der Waals surface area (Å²) in [6, 6.07) is 7.56. The predicted molar refractivity (Wildman–Crippen MR) is 66.8 cm³/mol. The standard InChI is InChI=1S/C12H8N2O2S/c1-7(15)8-6-13-12-14(11(8)16)9-4-2-3-5-10(9)17-12/h2-6H,1H3. The number of para-hydroxylation sites is 1. The molecule has 0 bridgehead atoms. The van der Waals surface area contributed by atoms with Crippen LogP contribution in [0, 0.1) is 0 Å². The zero-order valence-corrected chi connectivity index (χ0v) is 9.82. The van der Waals surface area contributed by atoms with Gasteiger partial charge in [-0.1, -0.05) is 23.5 Å². The van der Waals surface area contributed by atoms with E-state index < -0.39 is 0 Å². The number of carbonyl (C=O) groups excluding carboxylic acids is 1. The Morgan fingerprint density at radius 2 is 2.12 bits per heavy atom. The Bertz CT molecular complexity index is 801. The quantitative estimate of drug-likeness (QED) is 0.616. The van der Waals surface area contributed by atoms with Gasteiger partial charge in [-0.2, -0.15) is 0 Å². The largest absolute Gasteiger partial charge is 0.294 e. The van der Waals surface area contributed by atoms with Crippen LogP contribution < -0.4 is 5.56 Å². The first-order chi connectivity index (χ1) is 8.18. The summed E-state index contributed by atoms with van der Waals surface area (Å²) in [7, 11) is 0. The Balaban J connectivity index is 2.57. The number of hydrogen-bond acceptors (Lipinski definition) is 4. The molecule has 0 aliphatic rings. The van der Waals surface area contributed by atoms with E-state index >= 15 is 0 Å². The van der Waals surface area contributed by atoms with Gasteiger partial charge in [-0.3, -0.25) is 14.0 Å². The van der Waals surface area contributed by atoms with Crippen molar-refractivity contribution in [2.24, 2.45) is 0 Å². The van der Waals surface area contributed by atoms with Crippen molar-refractivity contribution in [3.63, 3.8) is 0 Å². The van der Waals surface area contributed by atoms with E-state index in [1.54, 1.807) is 0 Å². The zero-order valence-electron chi connectivity index (χ0n) is 9.01. The van der Waals surface area contributed by atoms with E-state index in [9.17, 15) is 9.59 Å². The molecule has 1 aromatic carbocycles. The molecule has 2 aromatic heterocycles. The number of rotatable bonds is 1. The molecule has 2 heterocycles. The molecule has 0 saturated heterocycles. The maximum absolute atomic E-state index is 12.2. The Morgan fingerprint density at radius 1 is 1.35 bits per heavy atom. The highest BCUT2D eigenvalue weighted by Crippen LogP contribution is 2.23. The summed E-state index contributed by atoms with van der Waals surface area (Å²) >= 11 is 1.44. The topological polar surface area (TPSA) is 51.4 Å². The van der Waals surface area contributed by atoms with Crippen LogP contribution in [-0.2, 0) is 0 Å². The van der Waals surface area contributed by atoms with E-state index in [-0.39, 0.29) is 16.9 Å². The SMILES string of the molecule is CC(=O)c1cnc2sc3ccccc3n2c1=O. The molecule has 0 aliphatic carbocycles. The van der Waals surface area contributed by atoms with Crippen molar-refractivity contribution < 1.29 is 4.79 Å². The van der Waals surface area contributed by atoms with Gasteiger partial charge < -0.3 is 0 Å². The molecule has 17 heavy (non-hydrogen) atoms. The van der Waals surface area contributed by atoms with Crippen LogP contribution in [0.5, 0.6) is 0 Å². The number of nitrogens with zero attached hydrogens (tertiary/aromatic N) is 2. The molecule has 84 valence electrons. The van der Waals surface area contributed by atoms with Gasteiger partial charge in [-0.05, 0) is 19.1 Å². The van der Waals surface area contributed by atoms with Crippen molar-refractivity contribution in [1.29, 1.82) is 0 Å². The first kappa shape index (κ1) is 10.2. The third-order valence-electron chi connectivity index (χ3n) is 2.62. The van der Waals surface area contributed by atoms with E-state index in [1.165, 1.54) is 28.9 Å². The van der Waals surface area contributed by atoms with Gasteiger partial charge in [0.25, 0.3) is 5.56 Å². The third kappa shape index (κ3) is 1.39. The molecule has 0 N–H and O–H groups in total. The van der Waals surface area contributed by atoms with E-state index in [0.717, 1.165) is 10.2 Å². The fraction of sp³-hybridized carbons (Fsp3) is 0.0833. The number of ketones is 1. The molecular weight excluding hydrogens is 236 g/mol. The van der Waals surface area contributed by atoms with Gasteiger partial charge in [0.15, 0.2) is 10.7 Å². The van der Waals surface area contributed by atoms with Crippen LogP contribution in [-0.4, -0.2) is 15.2 Å². The minimum atomic E-state index is -0.292. The number of fused-ring (bicyclic) bond motifs is 3. The molecule has 3 aromatic rings. The highest BCUT2D eigenvalue weighted by atomic mass is 32.1. The second-order valence-electron chi connectivity index (χ2n) is 3.72. The number of aromatic nitrogens is 2. The molecule has 0 aliphatic heterocycles. The van der Waals surface area contributed by atoms with Gasteiger partial charge in [0.2, 0.25) is 0 Å². The lowest BCUT2D eigenvalue weighted by molar-refractivity contribution is 0.101. The molecule has 4 nitrogen and oxygen atoms in total. The Kier molecular flexibility index (Phi) is 2.09. The van der Waals surface area contributed by atoms with Gasteiger partial charge in [0.05, 0.1) is 10.2 Å². The normalized spacial score (nSPS) is 11.1. The number of carbonyl (C=O) groups is 1. The summed E-state index contributed by atoms with van der Waals surface area (Å²) in [5.74, 6) is -0.257. The average Bonchev–Trinajstić information content (AvgIpc) is 2.67. The molecule has 0 spiro atoms. The molecule has 0 unspecified atom stereocenters. The molecule has 0 fully saturated rings. The lowest BCUT2D eigenvalue weighted by Crippen LogP contribution is -2.20. The Labute approximate surface area is 100 Å². The van der Waals surface area contributed by atoms with Crippen molar-refractivity contribution in [1.82, 2.24) is 9.38 Å². The summed E-state index contributed by atoms with van der Waals surface area (Å²) in [6.07, 6.45) is 1.36. The highest BCUT2D eigenvalue weighted by Gasteiger charge is 2.12. The van der Waals surface area contributed by atoms with Crippen LogP contribution in [0.3, 0.4) is 0 Å². The maximum atomic E-state index is 12.2. The lowest BCUT2D eigenvalue weighted by atomic mass is 10.2. The lowest BCUT2D eigenvalue weighted by Gasteiger charge is -1.97. The summed E-state index contributed by atoms with van der Waals surface area (Å²) in [4.78, 5) is 28.2. The summed E-state index contributed by atoms with van der Waals surface area (Å²) in [5.41, 5.74) is 0.638. The second kappa shape index (κ2) is 3.49. The molecule has 0 radical (unpaired) electrons. The molecule has 0 amide bonds. The Hall–Kier alpha value is -2.01. The molecule has 0 atom stereocenters. The molecule has 3 rings (SSSR count). The number of benzene rings is 1. The van der Waals surface area contributed by atoms with Gasteiger partial charge in [-0.15, -0.1) is 0 Å². The van der Waals surface area contributed by atoms with E-state index in [4.69, 9.17) is 0 Å². The number of Topliss-reactive ketones (excluding diaryl/α,β-unsaturated/α-hetero) is 1. The number of hydrogen-bond donors (Lipinski definition) is 0. The van der Waals surface area contributed by atoms with Crippen LogP contribution in [0.2, 0.25) is 0 Å². The third-order valence-corrected chi connectivity index (χ3v) is 3.65. The van der Waals surface area contributed by atoms with Crippen molar-refractivity contribution in [3.05, 3.63) is 46.4 Å². The molecular formula is C12H8N2O2S. The molecule has 0 saturated carbocycles. The van der Waals surface area contributed by atoms with E-state index in [2.05, 4.69) is 4.98 Å². The van der Waals surface area contributed by atoms with Crippen LogP contribution in [0.25, 0.3) is 15.2 Å². The fourth-order valence-electron chi connectivity index (χ4n) is 1.79. The van der Waals surface area contributed by atoms with E-state index in [1.807, 2.05) is 24.3 Å². The first-order valence-corrected chi connectivity index (χ1v) is 5.90. The molecule has 5 heteroatoms. The highest BCUT2D eigenvalue weighted by molar-refractivity contribution is 7.23. The van der Waals surface area contributed by atoms with Crippen molar-refractivity contribution in [3.8, 4) is 0 Å². The monoisotopic (exact) mass is 244 g/mol. The maximum Gasteiger partial charge on any atom is 0.269 e. The van der Waals surface area contributed by atoms with Crippen LogP contribution in [0.1, 0.15) is 17.3 Å². The average molecular weight is 244 g/mol. The summed E-state index contributed by atoms with van der Waals surface area (Å²) in [5, 5.41) is 0. The van der Waals surface area contributed by atoms with Crippen LogP contribution in [0.15, 0.2) is 35.3 Å². The van der Waals surface area contributed by atoms with Gasteiger partial charge in [0.1, 0.15) is 5.56 Å². The minimum absolute atomic E-state index is 0.131. The smallest absolute Gasteiger partial charge is 0.269 e. The Morgan fingerprint density at radius 3 is 2.88 bits per heavy atom. The van der Waals surface area contributed by atoms with Crippen molar-refractivity contribution in [2.45, 2.75) is 6.92 Å². The van der Waals surface area contributed by atoms with Gasteiger partial charge >= 0.3 is 0 Å². The fourth-order valence-corrected chi connectivity index (χ4v) is 2.78. The summed E-state index contributed by atoms with van der Waals surface area (Å²) in [6.45, 7) is 1.37. The predicted octanol–water partition coefficient (Wildman–Crippen LogP) is 2.11. The van der Waals surface area contributed by atoms with Crippen LogP contribution >= 0.6 is 11.3 Å². The first-order valence-electron chi connectivity index (χ1n) is 5.09. The van der Waals surface area contributed by atoms with Crippen LogP contribution in [0.4, 0.5) is 0 Å². The van der Waals surface area contributed by atoms with Gasteiger partial charge in [-0.25, -0.2) is 4.98 Å². The van der Waals surface area contributed by atoms with Gasteiger partial charge in [0, 0.05) is 6.20 Å².